The van der Waals surface area contributed by atoms with Crippen LogP contribution in [0, 0.1) is 11.8 Å². The van der Waals surface area contributed by atoms with Crippen molar-refractivity contribution < 1.29 is 4.79 Å². The highest BCUT2D eigenvalue weighted by Crippen LogP contribution is 2.22. The van der Waals surface area contributed by atoms with E-state index in [4.69, 9.17) is 0 Å². The molecular formula is C25H22O. The molecule has 1 nitrogen and oxygen atoms in total. The lowest BCUT2D eigenvalue weighted by atomic mass is 9.92. The molecule has 0 heterocycles. The molecule has 0 N–H and O–H groups in total. The third-order valence-electron chi connectivity index (χ3n) is 4.36. The number of benzene rings is 3. The van der Waals surface area contributed by atoms with Crippen LogP contribution < -0.4 is 0 Å². The molecule has 0 fully saturated rings. The lowest BCUT2D eigenvalue weighted by Gasteiger charge is -2.11. The van der Waals surface area contributed by atoms with Crippen molar-refractivity contribution in [2.75, 3.05) is 0 Å². The summed E-state index contributed by atoms with van der Waals surface area (Å²) in [6, 6.07) is 29.9. The van der Waals surface area contributed by atoms with E-state index < -0.39 is 0 Å². The van der Waals surface area contributed by atoms with Gasteiger partial charge in [-0.25, -0.2) is 0 Å². The molecule has 1 atom stereocenters. The molecule has 0 unspecified atom stereocenters. The topological polar surface area (TPSA) is 17.1 Å². The van der Waals surface area contributed by atoms with E-state index >= 15 is 0 Å². The van der Waals surface area contributed by atoms with Crippen molar-refractivity contribution in [1.29, 1.82) is 0 Å². The molecule has 128 valence electrons. The zero-order chi connectivity index (χ0) is 18.0. The van der Waals surface area contributed by atoms with E-state index in [0.29, 0.717) is 6.42 Å². The molecule has 0 amide bonds. The minimum absolute atomic E-state index is 0.139. The standard InChI is InChI=1S/C25H22O/c26-25(24-15-8-3-9-16-24)18-10-17-23(22-13-6-2-7-14-22)20-19-21-11-4-1-5-12-21/h1-9,11-16,23H,10,17-18H2/t23-/m0/s1. The maximum atomic E-state index is 12.3. The summed E-state index contributed by atoms with van der Waals surface area (Å²) in [5.74, 6) is 7.02. The molecule has 0 saturated heterocycles. The summed E-state index contributed by atoms with van der Waals surface area (Å²) in [6.07, 6.45) is 2.26. The molecule has 0 radical (unpaired) electrons. The fraction of sp³-hybridized carbons (Fsp3) is 0.160. The molecule has 3 aromatic rings. The highest BCUT2D eigenvalue weighted by molar-refractivity contribution is 5.95. The van der Waals surface area contributed by atoms with E-state index in [1.165, 1.54) is 5.56 Å². The first-order valence-electron chi connectivity index (χ1n) is 9.03. The van der Waals surface area contributed by atoms with Gasteiger partial charge in [-0.1, -0.05) is 90.7 Å². The molecule has 0 aliphatic rings. The molecule has 0 aromatic heterocycles. The number of hydrogen-bond donors (Lipinski definition) is 0. The van der Waals surface area contributed by atoms with Crippen LogP contribution in [0.4, 0.5) is 0 Å². The van der Waals surface area contributed by atoms with Crippen molar-refractivity contribution in [3.8, 4) is 11.8 Å². The zero-order valence-electron chi connectivity index (χ0n) is 14.8. The summed E-state index contributed by atoms with van der Waals surface area (Å²) in [5.41, 5.74) is 3.02. The van der Waals surface area contributed by atoms with Crippen LogP contribution in [0.15, 0.2) is 91.0 Å². The molecule has 3 rings (SSSR count). The monoisotopic (exact) mass is 338 g/mol. The minimum atomic E-state index is 0.139. The maximum absolute atomic E-state index is 12.3. The first-order valence-corrected chi connectivity index (χ1v) is 9.03. The van der Waals surface area contributed by atoms with Crippen LogP contribution in [-0.2, 0) is 0 Å². The molecule has 1 heteroatoms. The second-order valence-electron chi connectivity index (χ2n) is 6.28. The second kappa shape index (κ2) is 9.39. The van der Waals surface area contributed by atoms with Crippen molar-refractivity contribution >= 4 is 5.78 Å². The van der Waals surface area contributed by atoms with Crippen molar-refractivity contribution in [3.63, 3.8) is 0 Å². The van der Waals surface area contributed by atoms with Crippen LogP contribution in [0.2, 0.25) is 0 Å². The Kier molecular flexibility index (Phi) is 6.40. The Hall–Kier alpha value is -3.11. The van der Waals surface area contributed by atoms with Gasteiger partial charge in [0.2, 0.25) is 0 Å². The predicted octanol–water partition coefficient (Wildman–Crippen LogP) is 5.88. The third kappa shape index (κ3) is 5.19. The number of ketones is 1. The van der Waals surface area contributed by atoms with Crippen LogP contribution in [0.1, 0.15) is 46.7 Å². The molecule has 26 heavy (non-hydrogen) atoms. The average Bonchev–Trinajstić information content (AvgIpc) is 2.72. The zero-order valence-corrected chi connectivity index (χ0v) is 14.8. The van der Waals surface area contributed by atoms with Crippen LogP contribution >= 0.6 is 0 Å². The largest absolute Gasteiger partial charge is 0.294 e. The van der Waals surface area contributed by atoms with Gasteiger partial charge in [0.15, 0.2) is 5.78 Å². The third-order valence-corrected chi connectivity index (χ3v) is 4.36. The van der Waals surface area contributed by atoms with Gasteiger partial charge < -0.3 is 0 Å². The number of Topliss-reactive ketones (excluding diaryl/α,β-unsaturated/α-hetero) is 1. The van der Waals surface area contributed by atoms with Crippen molar-refractivity contribution in [3.05, 3.63) is 108 Å². The van der Waals surface area contributed by atoms with E-state index in [9.17, 15) is 4.79 Å². The number of rotatable bonds is 6. The highest BCUT2D eigenvalue weighted by Gasteiger charge is 2.10. The molecule has 0 bridgehead atoms. The minimum Gasteiger partial charge on any atom is -0.294 e. The quantitative estimate of drug-likeness (QED) is 0.405. The van der Waals surface area contributed by atoms with Crippen LogP contribution in [0.5, 0.6) is 0 Å². The van der Waals surface area contributed by atoms with Crippen molar-refractivity contribution in [2.45, 2.75) is 25.2 Å². The Morgan fingerprint density at radius 3 is 2.00 bits per heavy atom. The lowest BCUT2D eigenvalue weighted by molar-refractivity contribution is 0.0979. The Balaban J connectivity index is 1.67. The summed E-state index contributed by atoms with van der Waals surface area (Å²) in [5, 5.41) is 0. The summed E-state index contributed by atoms with van der Waals surface area (Å²) >= 11 is 0. The second-order valence-corrected chi connectivity index (χ2v) is 6.28. The van der Waals surface area contributed by atoms with Gasteiger partial charge in [0, 0.05) is 23.5 Å². The molecule has 3 aromatic carbocycles. The molecular weight excluding hydrogens is 316 g/mol. The Bertz CT molecular complexity index is 871. The van der Waals surface area contributed by atoms with E-state index in [1.54, 1.807) is 0 Å². The van der Waals surface area contributed by atoms with Gasteiger partial charge in [0.05, 0.1) is 0 Å². The van der Waals surface area contributed by atoms with Crippen LogP contribution in [0.3, 0.4) is 0 Å². The Labute approximate surface area is 155 Å². The van der Waals surface area contributed by atoms with Crippen LogP contribution in [0.25, 0.3) is 0 Å². The Morgan fingerprint density at radius 1 is 0.769 bits per heavy atom. The summed E-state index contributed by atoms with van der Waals surface area (Å²) < 4.78 is 0. The summed E-state index contributed by atoms with van der Waals surface area (Å²) in [4.78, 5) is 12.3. The summed E-state index contributed by atoms with van der Waals surface area (Å²) in [6.45, 7) is 0. The number of carbonyl (C=O) groups excluding carboxylic acids is 1. The predicted molar refractivity (Wildman–Crippen MR) is 107 cm³/mol. The van der Waals surface area contributed by atoms with Crippen molar-refractivity contribution in [2.24, 2.45) is 0 Å². The molecule has 0 aliphatic heterocycles. The SMILES string of the molecule is O=C(CCC[C@@H](C#Cc1ccccc1)c1ccccc1)c1ccccc1. The fourth-order valence-corrected chi connectivity index (χ4v) is 2.93. The molecule has 0 saturated carbocycles. The molecule has 0 spiro atoms. The van der Waals surface area contributed by atoms with Gasteiger partial charge in [-0.3, -0.25) is 4.79 Å². The maximum Gasteiger partial charge on any atom is 0.162 e. The van der Waals surface area contributed by atoms with Gasteiger partial charge in [0.1, 0.15) is 0 Å². The van der Waals surface area contributed by atoms with E-state index in [1.807, 2.05) is 78.9 Å². The van der Waals surface area contributed by atoms with Gasteiger partial charge >= 0.3 is 0 Å². The van der Waals surface area contributed by atoms with Gasteiger partial charge in [-0.15, -0.1) is 0 Å². The van der Waals surface area contributed by atoms with Crippen molar-refractivity contribution in [1.82, 2.24) is 0 Å². The van der Waals surface area contributed by atoms with Gasteiger partial charge in [-0.2, -0.15) is 0 Å². The first-order chi connectivity index (χ1) is 12.8. The normalized spacial score (nSPS) is 11.2. The molecule has 0 aliphatic carbocycles. The summed E-state index contributed by atoms with van der Waals surface area (Å²) in [7, 11) is 0. The van der Waals surface area contributed by atoms with Gasteiger partial charge in [0.25, 0.3) is 0 Å². The Morgan fingerprint density at radius 2 is 1.35 bits per heavy atom. The van der Waals surface area contributed by atoms with Gasteiger partial charge in [-0.05, 0) is 30.5 Å². The van der Waals surface area contributed by atoms with E-state index in [0.717, 1.165) is 24.0 Å². The first kappa shape index (κ1) is 17.7. The van der Waals surface area contributed by atoms with E-state index in [-0.39, 0.29) is 11.7 Å². The van der Waals surface area contributed by atoms with Crippen LogP contribution in [-0.4, -0.2) is 5.78 Å². The highest BCUT2D eigenvalue weighted by atomic mass is 16.1. The lowest BCUT2D eigenvalue weighted by Crippen LogP contribution is -2.01. The number of carbonyl (C=O) groups is 1. The average molecular weight is 338 g/mol. The fourth-order valence-electron chi connectivity index (χ4n) is 2.93. The number of hydrogen-bond acceptors (Lipinski definition) is 1. The van der Waals surface area contributed by atoms with E-state index in [2.05, 4.69) is 24.0 Å². The smallest absolute Gasteiger partial charge is 0.162 e.